The maximum atomic E-state index is 11.9. The Morgan fingerprint density at radius 1 is 1.08 bits per heavy atom. The summed E-state index contributed by atoms with van der Waals surface area (Å²) in [6.45, 7) is 2.56. The van der Waals surface area contributed by atoms with E-state index in [1.165, 1.54) is 20.0 Å². The lowest BCUT2D eigenvalue weighted by molar-refractivity contribution is 0.0145. The first-order valence-corrected chi connectivity index (χ1v) is 13.2. The molecule has 4 heterocycles. The SMILES string of the molecule is COC(=O)c1cnc(N2C3CC[C@H]2CC(OCc2c(-c4ccccc4)noc2C2CC2)C3)c(C)c1.O=C(F)F. The Morgan fingerprint density at radius 3 is 2.33 bits per heavy atom. The third-order valence-electron chi connectivity index (χ3n) is 7.68. The lowest BCUT2D eigenvalue weighted by Crippen LogP contribution is -2.46. The smallest absolute Gasteiger partial charge is 0.465 e. The maximum Gasteiger partial charge on any atom is 0.483 e. The van der Waals surface area contributed by atoms with Gasteiger partial charge in [0.05, 0.1) is 25.4 Å². The first-order chi connectivity index (χ1) is 18.9. The molecule has 10 heteroatoms. The van der Waals surface area contributed by atoms with Gasteiger partial charge in [-0.1, -0.05) is 35.5 Å². The number of methoxy groups -OCH3 is 1. The van der Waals surface area contributed by atoms with Crippen LogP contribution < -0.4 is 4.90 Å². The van der Waals surface area contributed by atoms with E-state index >= 15 is 0 Å². The van der Waals surface area contributed by atoms with Gasteiger partial charge in [-0.2, -0.15) is 0 Å². The van der Waals surface area contributed by atoms with Crippen molar-refractivity contribution in [3.63, 3.8) is 0 Å². The standard InChI is InChI=1S/C28H31N3O4.CF2O/c1-17-12-20(28(32)33-2)15-29-27(17)31-21-10-11-22(31)14-23(13-21)34-16-24-25(18-6-4-3-5-7-18)30-35-26(24)19-8-9-19;2-1(3)4/h3-7,12,15,19,21-23H,8-11,13-14,16H2,1-2H3;/t21-,22?,23?;/m0./s1. The van der Waals surface area contributed by atoms with Crippen LogP contribution in [0.5, 0.6) is 0 Å². The molecular weight excluding hydrogens is 508 g/mol. The van der Waals surface area contributed by atoms with Crippen molar-refractivity contribution < 1.29 is 32.4 Å². The van der Waals surface area contributed by atoms with E-state index in [0.717, 1.165) is 59.6 Å². The Morgan fingerprint density at radius 2 is 1.74 bits per heavy atom. The van der Waals surface area contributed by atoms with Gasteiger partial charge in [-0.25, -0.2) is 14.6 Å². The number of hydrogen-bond donors (Lipinski definition) is 0. The van der Waals surface area contributed by atoms with Crippen LogP contribution in [0.25, 0.3) is 11.3 Å². The van der Waals surface area contributed by atoms with Crippen molar-refractivity contribution in [2.45, 2.75) is 76.2 Å². The topological polar surface area (TPSA) is 94.8 Å². The van der Waals surface area contributed by atoms with E-state index in [4.69, 9.17) is 18.8 Å². The van der Waals surface area contributed by atoms with Crippen LogP contribution in [0.4, 0.5) is 19.4 Å². The monoisotopic (exact) mass is 539 g/mol. The van der Waals surface area contributed by atoms with Crippen molar-refractivity contribution in [3.05, 3.63) is 65.0 Å². The Labute approximate surface area is 225 Å². The van der Waals surface area contributed by atoms with E-state index in [1.807, 2.05) is 31.2 Å². The number of halogens is 2. The molecule has 2 unspecified atom stereocenters. The molecule has 0 N–H and O–H groups in total. The second-order valence-corrected chi connectivity index (χ2v) is 10.3. The van der Waals surface area contributed by atoms with Gasteiger partial charge in [-0.3, -0.25) is 0 Å². The fourth-order valence-electron chi connectivity index (χ4n) is 5.83. The zero-order valence-corrected chi connectivity index (χ0v) is 21.9. The molecule has 3 fully saturated rings. The lowest BCUT2D eigenvalue weighted by Gasteiger charge is -2.40. The summed E-state index contributed by atoms with van der Waals surface area (Å²) in [6, 6.07) is 12.9. The minimum atomic E-state index is -2.83. The van der Waals surface area contributed by atoms with Crippen LogP contribution >= 0.6 is 0 Å². The van der Waals surface area contributed by atoms with Crippen LogP contribution in [0, 0.1) is 6.92 Å². The van der Waals surface area contributed by atoms with Crippen molar-refractivity contribution in [1.29, 1.82) is 0 Å². The summed E-state index contributed by atoms with van der Waals surface area (Å²) in [5.41, 5.74) is 4.61. The fraction of sp³-hybridized carbons (Fsp3) is 0.448. The average molecular weight is 540 g/mol. The number of hydrogen-bond acceptors (Lipinski definition) is 8. The molecule has 8 nitrogen and oxygen atoms in total. The number of aromatic nitrogens is 2. The highest BCUT2D eigenvalue weighted by Crippen LogP contribution is 2.45. The first kappa shape index (κ1) is 26.9. The third kappa shape index (κ3) is 6.00. The summed E-state index contributed by atoms with van der Waals surface area (Å²) in [5.74, 6) is 2.12. The largest absolute Gasteiger partial charge is 0.483 e. The Balaban J connectivity index is 0.000000723. The molecule has 1 aliphatic carbocycles. The highest BCUT2D eigenvalue weighted by Gasteiger charge is 2.43. The molecule has 1 saturated carbocycles. The number of piperidine rings is 1. The number of ether oxygens (including phenoxy) is 2. The van der Waals surface area contributed by atoms with Crippen molar-refractivity contribution in [2.24, 2.45) is 0 Å². The van der Waals surface area contributed by atoms with Gasteiger partial charge in [0.2, 0.25) is 0 Å². The predicted octanol–water partition coefficient (Wildman–Crippen LogP) is 6.47. The predicted molar refractivity (Wildman–Crippen MR) is 139 cm³/mol. The number of nitrogens with zero attached hydrogens (tertiary/aromatic N) is 3. The number of carbonyl (C=O) groups is 2. The Bertz CT molecular complexity index is 1310. The van der Waals surface area contributed by atoms with E-state index in [2.05, 4.69) is 27.2 Å². The van der Waals surface area contributed by atoms with Crippen LogP contribution in [-0.2, 0) is 16.1 Å². The molecule has 2 aromatic heterocycles. The summed E-state index contributed by atoms with van der Waals surface area (Å²) in [5, 5.41) is 4.44. The summed E-state index contributed by atoms with van der Waals surface area (Å²) < 4.78 is 36.6. The van der Waals surface area contributed by atoms with Crippen LogP contribution in [0.2, 0.25) is 0 Å². The molecule has 1 aromatic carbocycles. The van der Waals surface area contributed by atoms with Crippen molar-refractivity contribution in [3.8, 4) is 11.3 Å². The number of aryl methyl sites for hydroxylation is 1. The molecule has 2 bridgehead atoms. The van der Waals surface area contributed by atoms with Gasteiger partial charge in [-0.05, 0) is 57.1 Å². The quantitative estimate of drug-likeness (QED) is 0.249. The molecule has 2 aliphatic heterocycles. The summed E-state index contributed by atoms with van der Waals surface area (Å²) in [7, 11) is 1.40. The van der Waals surface area contributed by atoms with Crippen LogP contribution in [0.3, 0.4) is 0 Å². The van der Waals surface area contributed by atoms with Gasteiger partial charge in [0.15, 0.2) is 0 Å². The number of anilines is 1. The molecular formula is C29H31F2N3O5. The summed E-state index contributed by atoms with van der Waals surface area (Å²) in [6.07, 6.45) is 5.55. The highest BCUT2D eigenvalue weighted by molar-refractivity contribution is 5.89. The first-order valence-electron chi connectivity index (χ1n) is 13.2. The second kappa shape index (κ2) is 11.6. The normalized spacial score (nSPS) is 21.7. The van der Waals surface area contributed by atoms with E-state index in [0.29, 0.717) is 30.2 Å². The van der Waals surface area contributed by atoms with Gasteiger partial charge in [-0.15, -0.1) is 8.78 Å². The molecule has 0 radical (unpaired) electrons. The summed E-state index contributed by atoms with van der Waals surface area (Å²) in [4.78, 5) is 27.1. The Hall–Kier alpha value is -3.66. The number of fused-ring (bicyclic) bond motifs is 2. The molecule has 39 heavy (non-hydrogen) atoms. The average Bonchev–Trinajstić information content (AvgIpc) is 3.63. The number of benzene rings is 1. The minimum Gasteiger partial charge on any atom is -0.465 e. The highest BCUT2D eigenvalue weighted by atomic mass is 19.3. The van der Waals surface area contributed by atoms with Gasteiger partial charge in [0, 0.05) is 35.3 Å². The van der Waals surface area contributed by atoms with Crippen molar-refractivity contribution in [1.82, 2.24) is 10.1 Å². The van der Waals surface area contributed by atoms with E-state index < -0.39 is 6.29 Å². The zero-order chi connectivity index (χ0) is 27.5. The molecule has 0 spiro atoms. The van der Waals surface area contributed by atoms with Crippen LogP contribution in [0.15, 0.2) is 47.1 Å². The van der Waals surface area contributed by atoms with Crippen molar-refractivity contribution >= 4 is 18.1 Å². The van der Waals surface area contributed by atoms with Crippen LogP contribution in [0.1, 0.15) is 71.7 Å². The minimum absolute atomic E-state index is 0.198. The Kier molecular flexibility index (Phi) is 8.02. The molecule has 3 atom stereocenters. The van der Waals surface area contributed by atoms with Gasteiger partial charge >= 0.3 is 12.3 Å². The van der Waals surface area contributed by atoms with Gasteiger partial charge in [0.1, 0.15) is 17.3 Å². The number of carbonyl (C=O) groups excluding carboxylic acids is 2. The zero-order valence-electron chi connectivity index (χ0n) is 21.9. The molecule has 6 rings (SSSR count). The van der Waals surface area contributed by atoms with E-state index in [9.17, 15) is 13.6 Å². The van der Waals surface area contributed by atoms with E-state index in [-0.39, 0.29) is 12.1 Å². The third-order valence-corrected chi connectivity index (χ3v) is 7.68. The molecule has 0 amide bonds. The number of rotatable bonds is 7. The molecule has 3 aliphatic rings. The number of esters is 1. The fourth-order valence-corrected chi connectivity index (χ4v) is 5.83. The second-order valence-electron chi connectivity index (χ2n) is 10.3. The molecule has 2 saturated heterocycles. The molecule has 206 valence electrons. The molecule has 3 aromatic rings. The van der Waals surface area contributed by atoms with E-state index in [1.54, 1.807) is 6.20 Å². The maximum absolute atomic E-state index is 11.9. The van der Waals surface area contributed by atoms with Crippen molar-refractivity contribution in [2.75, 3.05) is 12.0 Å². The van der Waals surface area contributed by atoms with Gasteiger partial charge in [0.25, 0.3) is 0 Å². The van der Waals surface area contributed by atoms with Crippen LogP contribution in [-0.4, -0.2) is 47.7 Å². The number of pyridine rings is 1. The van der Waals surface area contributed by atoms with Gasteiger partial charge < -0.3 is 18.9 Å². The lowest BCUT2D eigenvalue weighted by atomic mass is 9.98. The summed E-state index contributed by atoms with van der Waals surface area (Å²) >= 11 is 0.